The maximum Gasteiger partial charge on any atom is 0.267 e. The van der Waals surface area contributed by atoms with E-state index in [2.05, 4.69) is 5.09 Å². The van der Waals surface area contributed by atoms with Gasteiger partial charge in [0.05, 0.1) is 6.10 Å². The van der Waals surface area contributed by atoms with Crippen molar-refractivity contribution in [1.29, 1.82) is 0 Å². The van der Waals surface area contributed by atoms with Crippen molar-refractivity contribution in [1.82, 2.24) is 5.09 Å². The Labute approximate surface area is 86.3 Å². The van der Waals surface area contributed by atoms with E-state index < -0.39 is 7.52 Å². The summed E-state index contributed by atoms with van der Waals surface area (Å²) in [5.41, 5.74) is 0. The second kappa shape index (κ2) is 4.80. The zero-order chi connectivity index (χ0) is 10.8. The molecule has 0 aromatic carbocycles. The van der Waals surface area contributed by atoms with Crippen molar-refractivity contribution in [2.75, 3.05) is 6.16 Å². The Morgan fingerprint density at radius 2 is 2.29 bits per heavy atom. The minimum absolute atomic E-state index is 0.0331. The van der Waals surface area contributed by atoms with Crippen LogP contribution in [0.4, 0.5) is 0 Å². The van der Waals surface area contributed by atoms with E-state index in [4.69, 9.17) is 4.74 Å². The largest absolute Gasteiger partial charge is 0.382 e. The average molecular weight is 219 g/mol. The number of hydrogen-bond acceptors (Lipinski definition) is 2. The smallest absolute Gasteiger partial charge is 0.267 e. The van der Waals surface area contributed by atoms with Crippen molar-refractivity contribution < 1.29 is 14.2 Å². The number of hydrogen-bond donors (Lipinski definition) is 2. The van der Waals surface area contributed by atoms with E-state index in [0.717, 1.165) is 12.8 Å². The van der Waals surface area contributed by atoms with Crippen LogP contribution in [0.2, 0.25) is 0 Å². The SMILES string of the molecule is B[C@H]1C[C@@H](NP(=O)(O)CC)[C@@H](CC)O1. The lowest BCUT2D eigenvalue weighted by atomic mass is 9.95. The van der Waals surface area contributed by atoms with Crippen LogP contribution in [0.3, 0.4) is 0 Å². The molecule has 14 heavy (non-hydrogen) atoms. The zero-order valence-electron chi connectivity index (χ0n) is 9.06. The summed E-state index contributed by atoms with van der Waals surface area (Å²) in [6.45, 7) is 3.75. The van der Waals surface area contributed by atoms with Gasteiger partial charge >= 0.3 is 0 Å². The molecule has 0 radical (unpaired) electrons. The first-order valence-electron chi connectivity index (χ1n) is 5.23. The summed E-state index contributed by atoms with van der Waals surface area (Å²) in [4.78, 5) is 9.47. The Morgan fingerprint density at radius 3 is 2.79 bits per heavy atom. The monoisotopic (exact) mass is 219 g/mol. The highest BCUT2D eigenvalue weighted by molar-refractivity contribution is 7.55. The normalized spacial score (nSPS) is 36.9. The van der Waals surface area contributed by atoms with E-state index in [1.54, 1.807) is 6.92 Å². The first-order chi connectivity index (χ1) is 6.48. The van der Waals surface area contributed by atoms with Crippen molar-refractivity contribution in [3.63, 3.8) is 0 Å². The molecule has 1 heterocycles. The molecule has 1 rings (SSSR count). The molecule has 1 saturated heterocycles. The van der Waals surface area contributed by atoms with E-state index in [1.807, 2.05) is 14.8 Å². The Morgan fingerprint density at radius 1 is 1.64 bits per heavy atom. The van der Waals surface area contributed by atoms with E-state index in [9.17, 15) is 9.46 Å². The fraction of sp³-hybridized carbons (Fsp3) is 1.00. The van der Waals surface area contributed by atoms with Gasteiger partial charge in [0, 0.05) is 18.2 Å². The minimum Gasteiger partial charge on any atom is -0.382 e. The maximum absolute atomic E-state index is 11.5. The van der Waals surface area contributed by atoms with Gasteiger partial charge in [-0.3, -0.25) is 4.57 Å². The Kier molecular flexibility index (Phi) is 4.20. The molecule has 0 aromatic rings. The van der Waals surface area contributed by atoms with Crippen LogP contribution in [0.5, 0.6) is 0 Å². The number of nitrogens with one attached hydrogen (secondary N) is 1. The molecule has 82 valence electrons. The van der Waals surface area contributed by atoms with Crippen molar-refractivity contribution in [2.24, 2.45) is 0 Å². The van der Waals surface area contributed by atoms with E-state index >= 15 is 0 Å². The molecule has 2 N–H and O–H groups in total. The Bertz CT molecular complexity index is 239. The lowest BCUT2D eigenvalue weighted by molar-refractivity contribution is 0.0779. The average Bonchev–Trinajstić information content (AvgIpc) is 2.45. The van der Waals surface area contributed by atoms with Gasteiger partial charge in [-0.25, -0.2) is 5.09 Å². The summed E-state index contributed by atoms with van der Waals surface area (Å²) in [6, 6.07) is 0.222. The Balaban J connectivity index is 2.55. The van der Waals surface area contributed by atoms with Gasteiger partial charge in [-0.1, -0.05) is 13.8 Å². The van der Waals surface area contributed by atoms with Crippen LogP contribution < -0.4 is 5.09 Å². The molecule has 4 atom stereocenters. The van der Waals surface area contributed by atoms with Crippen LogP contribution in [0.1, 0.15) is 26.7 Å². The third kappa shape index (κ3) is 3.09. The van der Waals surface area contributed by atoms with Crippen LogP contribution >= 0.6 is 7.52 Å². The second-order valence-corrected chi connectivity index (χ2v) is 6.18. The molecule has 4 nitrogen and oxygen atoms in total. The third-order valence-corrected chi connectivity index (χ3v) is 4.23. The van der Waals surface area contributed by atoms with Crippen LogP contribution in [0, 0.1) is 0 Å². The van der Waals surface area contributed by atoms with Gasteiger partial charge in [0.25, 0.3) is 7.52 Å². The fourth-order valence-corrected chi connectivity index (χ4v) is 2.80. The third-order valence-electron chi connectivity index (χ3n) is 2.64. The summed E-state index contributed by atoms with van der Waals surface area (Å²) in [5.74, 6) is 0. The summed E-state index contributed by atoms with van der Waals surface area (Å²) in [6.07, 6.45) is 2.06. The molecule has 0 spiro atoms. The molecule has 1 fully saturated rings. The quantitative estimate of drug-likeness (QED) is 0.527. The van der Waals surface area contributed by atoms with Crippen LogP contribution in [-0.2, 0) is 9.30 Å². The van der Waals surface area contributed by atoms with Gasteiger partial charge < -0.3 is 9.63 Å². The molecule has 1 unspecified atom stereocenters. The highest BCUT2D eigenvalue weighted by atomic mass is 31.2. The minimum atomic E-state index is -3.13. The number of ether oxygens (including phenoxy) is 1. The lowest BCUT2D eigenvalue weighted by Gasteiger charge is -2.21. The van der Waals surface area contributed by atoms with Crippen molar-refractivity contribution >= 4 is 15.4 Å². The molecule has 1 aliphatic heterocycles. The van der Waals surface area contributed by atoms with Crippen LogP contribution in [0.15, 0.2) is 0 Å². The first-order valence-corrected chi connectivity index (χ1v) is 7.08. The van der Waals surface area contributed by atoms with Gasteiger partial charge in [-0.15, -0.1) is 0 Å². The molecule has 0 saturated carbocycles. The Hall–Kier alpha value is 0.175. The molecule has 1 aliphatic rings. The fourth-order valence-electron chi connectivity index (χ4n) is 1.83. The second-order valence-electron chi connectivity index (χ2n) is 3.88. The molecule has 6 heteroatoms. The maximum atomic E-state index is 11.5. The molecule has 0 aromatic heterocycles. The molecule has 0 amide bonds. The van der Waals surface area contributed by atoms with Gasteiger partial charge in [0.2, 0.25) is 0 Å². The lowest BCUT2D eigenvalue weighted by Crippen LogP contribution is -2.34. The van der Waals surface area contributed by atoms with Gasteiger partial charge in [-0.2, -0.15) is 0 Å². The standard InChI is InChI=1S/C8H19BNO3P/c1-3-7-6(5-8(9)13-7)10-14(11,12)4-2/h6-8H,3-5,9H2,1-2H3,(H2,10,11,12)/t6-,7-,8-/m1/s1. The van der Waals surface area contributed by atoms with Crippen molar-refractivity contribution in [3.05, 3.63) is 0 Å². The molecule has 0 aliphatic carbocycles. The summed E-state index contributed by atoms with van der Waals surface area (Å²) in [5, 5.41) is 2.82. The topological polar surface area (TPSA) is 58.6 Å². The van der Waals surface area contributed by atoms with Crippen molar-refractivity contribution in [3.8, 4) is 0 Å². The molecular weight excluding hydrogens is 200 g/mol. The van der Waals surface area contributed by atoms with E-state index in [0.29, 0.717) is 0 Å². The van der Waals surface area contributed by atoms with Crippen LogP contribution in [0.25, 0.3) is 0 Å². The van der Waals surface area contributed by atoms with Crippen molar-refractivity contribution in [2.45, 2.75) is 44.8 Å². The van der Waals surface area contributed by atoms with Crippen LogP contribution in [-0.4, -0.2) is 37.1 Å². The highest BCUT2D eigenvalue weighted by Crippen LogP contribution is 2.38. The summed E-state index contributed by atoms with van der Waals surface area (Å²) >= 11 is 0. The predicted octanol–water partition coefficient (Wildman–Crippen LogP) is 0.308. The summed E-state index contributed by atoms with van der Waals surface area (Å²) in [7, 11) is -1.13. The highest BCUT2D eigenvalue weighted by Gasteiger charge is 2.34. The molecular formula is C8H19BNO3P. The zero-order valence-corrected chi connectivity index (χ0v) is 9.96. The van der Waals surface area contributed by atoms with E-state index in [-0.39, 0.29) is 24.3 Å². The van der Waals surface area contributed by atoms with Gasteiger partial charge in [-0.05, 0) is 12.8 Å². The van der Waals surface area contributed by atoms with Gasteiger partial charge in [0.15, 0.2) is 0 Å². The predicted molar refractivity (Wildman–Crippen MR) is 59.4 cm³/mol. The van der Waals surface area contributed by atoms with E-state index in [1.165, 1.54) is 0 Å². The summed E-state index contributed by atoms with van der Waals surface area (Å²) < 4.78 is 17.1. The van der Waals surface area contributed by atoms with Gasteiger partial charge in [0.1, 0.15) is 7.85 Å². The number of rotatable bonds is 4. The first kappa shape index (κ1) is 12.2. The molecule has 0 bridgehead atoms.